The first kappa shape index (κ1) is 23.6. The molecular formula is C26H32ClN7O. The normalized spacial score (nSPS) is 18.7. The van der Waals surface area contributed by atoms with E-state index >= 15 is 0 Å². The number of benzene rings is 2. The van der Waals surface area contributed by atoms with Crippen molar-refractivity contribution < 1.29 is 5.11 Å². The molecule has 2 aliphatic heterocycles. The molecular weight excluding hydrogens is 462 g/mol. The Morgan fingerprint density at radius 3 is 2.51 bits per heavy atom. The van der Waals surface area contributed by atoms with Crippen molar-refractivity contribution in [2.24, 2.45) is 0 Å². The molecule has 0 amide bonds. The molecule has 3 heterocycles. The lowest BCUT2D eigenvalue weighted by atomic mass is 10.1. The Kier molecular flexibility index (Phi) is 7.20. The van der Waals surface area contributed by atoms with Crippen LogP contribution in [0.15, 0.2) is 48.5 Å². The van der Waals surface area contributed by atoms with Crippen LogP contribution in [-0.2, 0) is 12.8 Å². The summed E-state index contributed by atoms with van der Waals surface area (Å²) in [7, 11) is 2.04. The molecule has 0 saturated carbocycles. The summed E-state index contributed by atoms with van der Waals surface area (Å²) >= 11 is 6.01. The second-order valence-corrected chi connectivity index (χ2v) is 9.84. The quantitative estimate of drug-likeness (QED) is 0.395. The van der Waals surface area contributed by atoms with Gasteiger partial charge in [0.2, 0.25) is 17.8 Å². The lowest BCUT2D eigenvalue weighted by Gasteiger charge is -2.28. The second-order valence-electron chi connectivity index (χ2n) is 9.40. The fraction of sp³-hybridized carbons (Fsp3) is 0.423. The Bertz CT molecular complexity index is 1130. The molecule has 3 aromatic rings. The van der Waals surface area contributed by atoms with Gasteiger partial charge in [-0.15, -0.1) is 0 Å². The first-order valence-electron chi connectivity index (χ1n) is 12.3. The van der Waals surface area contributed by atoms with Crippen LogP contribution in [0.4, 0.5) is 17.8 Å². The third-order valence-corrected chi connectivity index (χ3v) is 7.02. The first-order valence-corrected chi connectivity index (χ1v) is 12.6. The summed E-state index contributed by atoms with van der Waals surface area (Å²) in [5, 5.41) is 17.2. The topological polar surface area (TPSA) is 89.4 Å². The van der Waals surface area contributed by atoms with Crippen molar-refractivity contribution >= 4 is 29.4 Å². The van der Waals surface area contributed by atoms with E-state index in [1.807, 2.05) is 31.3 Å². The van der Waals surface area contributed by atoms with E-state index < -0.39 is 0 Å². The van der Waals surface area contributed by atoms with E-state index in [4.69, 9.17) is 26.6 Å². The highest BCUT2D eigenvalue weighted by molar-refractivity contribution is 6.30. The molecule has 2 saturated heterocycles. The number of hydrogen-bond acceptors (Lipinski definition) is 8. The number of aryl methyl sites for hydroxylation is 1. The molecule has 0 aliphatic carbocycles. The molecule has 2 aromatic carbocycles. The highest BCUT2D eigenvalue weighted by Crippen LogP contribution is 2.28. The molecule has 5 rings (SSSR count). The van der Waals surface area contributed by atoms with E-state index in [1.165, 1.54) is 5.56 Å². The second kappa shape index (κ2) is 10.7. The van der Waals surface area contributed by atoms with Crippen LogP contribution in [0.5, 0.6) is 5.75 Å². The predicted octanol–water partition coefficient (Wildman–Crippen LogP) is 3.50. The molecule has 35 heavy (non-hydrogen) atoms. The van der Waals surface area contributed by atoms with Crippen molar-refractivity contribution in [2.45, 2.75) is 37.8 Å². The minimum Gasteiger partial charge on any atom is -0.508 e. The monoisotopic (exact) mass is 493 g/mol. The summed E-state index contributed by atoms with van der Waals surface area (Å²) in [5.41, 5.74) is 2.42. The van der Waals surface area contributed by atoms with Gasteiger partial charge < -0.3 is 25.5 Å². The molecule has 0 spiro atoms. The van der Waals surface area contributed by atoms with E-state index in [0.717, 1.165) is 61.9 Å². The number of hydrogen-bond donors (Lipinski definition) is 3. The van der Waals surface area contributed by atoms with Gasteiger partial charge in [-0.3, -0.25) is 0 Å². The van der Waals surface area contributed by atoms with E-state index in [0.29, 0.717) is 30.5 Å². The zero-order valence-electron chi connectivity index (χ0n) is 20.0. The first-order chi connectivity index (χ1) is 17.0. The molecule has 2 fully saturated rings. The predicted molar refractivity (Wildman–Crippen MR) is 141 cm³/mol. The molecule has 1 aromatic heterocycles. The summed E-state index contributed by atoms with van der Waals surface area (Å²) in [4.78, 5) is 18.8. The standard InChI is InChI=1S/C26H32ClN7O/c1-33(14-2-3-18-4-8-20(27)9-5-18)25-30-24(28-13-12-19-6-10-23(35)11-7-19)31-26(32-25)34-17-21-15-22(34)16-29-21/h4-11,21-22,29,35H,2-3,12-17H2,1H3,(H,28,30,31,32)/t21-,22-/m0/s1. The number of rotatable bonds is 10. The minimum atomic E-state index is 0.280. The van der Waals surface area contributed by atoms with Crippen LogP contribution in [0, 0.1) is 0 Å². The highest BCUT2D eigenvalue weighted by Gasteiger charge is 2.39. The number of aromatic hydroxyl groups is 1. The van der Waals surface area contributed by atoms with E-state index in [1.54, 1.807) is 12.1 Å². The number of phenolic OH excluding ortho intramolecular Hbond substituents is 1. The average molecular weight is 494 g/mol. The van der Waals surface area contributed by atoms with E-state index in [-0.39, 0.29) is 5.75 Å². The van der Waals surface area contributed by atoms with Gasteiger partial charge in [0, 0.05) is 50.3 Å². The largest absolute Gasteiger partial charge is 0.508 e. The molecule has 0 radical (unpaired) electrons. The Morgan fingerprint density at radius 1 is 1.06 bits per heavy atom. The fourth-order valence-electron chi connectivity index (χ4n) is 4.79. The fourth-order valence-corrected chi connectivity index (χ4v) is 4.92. The molecule has 2 bridgehead atoms. The van der Waals surface area contributed by atoms with Gasteiger partial charge in [0.15, 0.2) is 0 Å². The van der Waals surface area contributed by atoms with Crippen LogP contribution in [0.25, 0.3) is 0 Å². The van der Waals surface area contributed by atoms with Gasteiger partial charge in [-0.2, -0.15) is 15.0 Å². The van der Waals surface area contributed by atoms with E-state index in [2.05, 4.69) is 32.6 Å². The Labute approximate surface area is 211 Å². The summed E-state index contributed by atoms with van der Waals surface area (Å²) in [6.45, 7) is 3.45. The van der Waals surface area contributed by atoms with Gasteiger partial charge in [-0.25, -0.2) is 0 Å². The molecule has 2 aliphatic rings. The van der Waals surface area contributed by atoms with Gasteiger partial charge in [0.25, 0.3) is 0 Å². The van der Waals surface area contributed by atoms with Crippen LogP contribution in [0.2, 0.25) is 5.02 Å². The van der Waals surface area contributed by atoms with Gasteiger partial charge in [-0.1, -0.05) is 35.9 Å². The summed E-state index contributed by atoms with van der Waals surface area (Å²) in [6, 6.07) is 16.3. The Hall–Kier alpha value is -3.10. The average Bonchev–Trinajstić information content (AvgIpc) is 3.50. The molecule has 2 atom stereocenters. The molecule has 184 valence electrons. The lowest BCUT2D eigenvalue weighted by Crippen LogP contribution is -2.44. The van der Waals surface area contributed by atoms with Crippen LogP contribution in [-0.4, -0.2) is 65.4 Å². The SMILES string of the molecule is CN(CCCc1ccc(Cl)cc1)c1nc(NCCc2ccc(O)cc2)nc(N2C[C@@H]3C[C@H]2CN3)n1. The molecule has 9 heteroatoms. The van der Waals surface area contributed by atoms with Crippen LogP contribution < -0.4 is 20.4 Å². The summed E-state index contributed by atoms with van der Waals surface area (Å²) in [6.07, 6.45) is 3.91. The number of fused-ring (bicyclic) bond motifs is 2. The van der Waals surface area contributed by atoms with Crippen LogP contribution in [0.1, 0.15) is 24.0 Å². The maximum Gasteiger partial charge on any atom is 0.232 e. The van der Waals surface area contributed by atoms with Gasteiger partial charge in [-0.05, 0) is 61.1 Å². The smallest absolute Gasteiger partial charge is 0.232 e. The third kappa shape index (κ3) is 5.94. The van der Waals surface area contributed by atoms with Crippen molar-refractivity contribution in [3.05, 3.63) is 64.7 Å². The van der Waals surface area contributed by atoms with Crippen molar-refractivity contribution in [1.29, 1.82) is 0 Å². The van der Waals surface area contributed by atoms with Crippen molar-refractivity contribution in [1.82, 2.24) is 20.3 Å². The van der Waals surface area contributed by atoms with Crippen LogP contribution in [0.3, 0.4) is 0 Å². The Morgan fingerprint density at radius 2 is 1.80 bits per heavy atom. The zero-order chi connectivity index (χ0) is 24.2. The van der Waals surface area contributed by atoms with Gasteiger partial charge >= 0.3 is 0 Å². The highest BCUT2D eigenvalue weighted by atomic mass is 35.5. The number of aromatic nitrogens is 3. The lowest BCUT2D eigenvalue weighted by molar-refractivity contribution is 0.475. The number of anilines is 3. The zero-order valence-corrected chi connectivity index (χ0v) is 20.7. The Balaban J connectivity index is 1.26. The summed E-state index contributed by atoms with van der Waals surface area (Å²) in [5.74, 6) is 2.32. The molecule has 3 N–H and O–H groups in total. The van der Waals surface area contributed by atoms with Gasteiger partial charge in [0.1, 0.15) is 5.75 Å². The number of phenols is 1. The minimum absolute atomic E-state index is 0.280. The van der Waals surface area contributed by atoms with Crippen molar-refractivity contribution in [3.63, 3.8) is 0 Å². The maximum absolute atomic E-state index is 9.50. The number of nitrogens with zero attached hydrogens (tertiary/aromatic N) is 5. The molecule has 0 unspecified atom stereocenters. The number of piperazine rings is 1. The molecule has 8 nitrogen and oxygen atoms in total. The number of halogens is 1. The third-order valence-electron chi connectivity index (χ3n) is 6.77. The van der Waals surface area contributed by atoms with Crippen molar-refractivity contribution in [2.75, 3.05) is 48.3 Å². The van der Waals surface area contributed by atoms with Gasteiger partial charge in [0.05, 0.1) is 0 Å². The van der Waals surface area contributed by atoms with Crippen LogP contribution >= 0.6 is 11.6 Å². The summed E-state index contributed by atoms with van der Waals surface area (Å²) < 4.78 is 0. The maximum atomic E-state index is 9.50. The van der Waals surface area contributed by atoms with E-state index in [9.17, 15) is 5.11 Å². The number of nitrogens with one attached hydrogen (secondary N) is 2. The van der Waals surface area contributed by atoms with Crippen molar-refractivity contribution in [3.8, 4) is 5.75 Å².